The molecule has 1 heterocycles. The molecule has 1 amide bonds. The lowest BCUT2D eigenvalue weighted by Gasteiger charge is -2.12. The number of ether oxygens (including phenoxy) is 2. The van der Waals surface area contributed by atoms with Crippen LogP contribution < -0.4 is 20.1 Å². The van der Waals surface area contributed by atoms with E-state index in [4.69, 9.17) is 9.47 Å². The first-order chi connectivity index (χ1) is 13.5. The normalized spacial score (nSPS) is 10.3. The highest BCUT2D eigenvalue weighted by Gasteiger charge is 2.13. The summed E-state index contributed by atoms with van der Waals surface area (Å²) in [6.45, 7) is 3.68. The Morgan fingerprint density at radius 3 is 2.39 bits per heavy atom. The molecule has 0 bridgehead atoms. The van der Waals surface area contributed by atoms with Gasteiger partial charge in [0.05, 0.1) is 14.2 Å². The fraction of sp³-hybridized carbons (Fsp3) is 0.190. The molecule has 28 heavy (non-hydrogen) atoms. The third-order valence-corrected chi connectivity index (χ3v) is 4.12. The highest BCUT2D eigenvalue weighted by molar-refractivity contribution is 6.03. The number of methoxy groups -OCH3 is 2. The zero-order chi connectivity index (χ0) is 20.1. The van der Waals surface area contributed by atoms with Gasteiger partial charge in [-0.05, 0) is 37.6 Å². The Morgan fingerprint density at radius 2 is 1.68 bits per heavy atom. The maximum absolute atomic E-state index is 12.6. The number of nitrogens with one attached hydrogen (secondary N) is 2. The standard InChI is InChI=1S/C21H22N4O3/c1-13-7-5-6-8-16(13)25-21(26)17-12-20(23-14(2)22-17)24-15-9-10-18(27-3)19(11-15)28-4/h5-12H,1-4H3,(H,25,26)(H,22,23,24). The Morgan fingerprint density at radius 1 is 0.929 bits per heavy atom. The van der Waals surface area contributed by atoms with Crippen LogP contribution in [0.5, 0.6) is 11.5 Å². The van der Waals surface area contributed by atoms with E-state index in [1.807, 2.05) is 37.3 Å². The fourth-order valence-corrected chi connectivity index (χ4v) is 2.71. The molecule has 144 valence electrons. The molecule has 0 saturated heterocycles. The summed E-state index contributed by atoms with van der Waals surface area (Å²) in [5.41, 5.74) is 2.75. The van der Waals surface area contributed by atoms with Gasteiger partial charge in [-0.15, -0.1) is 0 Å². The highest BCUT2D eigenvalue weighted by atomic mass is 16.5. The van der Waals surface area contributed by atoms with Crippen molar-refractivity contribution in [2.75, 3.05) is 24.9 Å². The van der Waals surface area contributed by atoms with Gasteiger partial charge in [0, 0.05) is 23.5 Å². The van der Waals surface area contributed by atoms with E-state index in [1.165, 1.54) is 0 Å². The molecule has 0 aliphatic carbocycles. The molecular weight excluding hydrogens is 356 g/mol. The average molecular weight is 378 g/mol. The zero-order valence-corrected chi connectivity index (χ0v) is 16.2. The molecule has 2 N–H and O–H groups in total. The molecule has 0 aliphatic heterocycles. The van der Waals surface area contributed by atoms with E-state index in [0.717, 1.165) is 16.9 Å². The Balaban J connectivity index is 1.83. The van der Waals surface area contributed by atoms with Crippen molar-refractivity contribution in [2.24, 2.45) is 0 Å². The number of carbonyl (C=O) groups is 1. The number of hydrogen-bond donors (Lipinski definition) is 2. The first-order valence-electron chi connectivity index (χ1n) is 8.72. The third kappa shape index (κ3) is 4.37. The first kappa shape index (κ1) is 19.2. The lowest BCUT2D eigenvalue weighted by atomic mass is 10.2. The molecule has 0 spiro atoms. The minimum atomic E-state index is -0.296. The Labute approximate surface area is 163 Å². The van der Waals surface area contributed by atoms with Crippen LogP contribution in [0, 0.1) is 13.8 Å². The molecule has 2 aromatic carbocycles. The number of carbonyl (C=O) groups excluding carboxylic acids is 1. The third-order valence-electron chi connectivity index (χ3n) is 4.12. The summed E-state index contributed by atoms with van der Waals surface area (Å²) in [5.74, 6) is 1.92. The van der Waals surface area contributed by atoms with Crippen LogP contribution in [0.25, 0.3) is 0 Å². The number of rotatable bonds is 6. The van der Waals surface area contributed by atoms with Gasteiger partial charge in [-0.2, -0.15) is 0 Å². The lowest BCUT2D eigenvalue weighted by Crippen LogP contribution is -2.16. The molecule has 0 unspecified atom stereocenters. The summed E-state index contributed by atoms with van der Waals surface area (Å²) in [4.78, 5) is 21.3. The van der Waals surface area contributed by atoms with Crippen LogP contribution in [0.15, 0.2) is 48.5 Å². The molecule has 0 saturated carbocycles. The number of hydrogen-bond acceptors (Lipinski definition) is 6. The van der Waals surface area contributed by atoms with Gasteiger partial charge in [0.2, 0.25) is 0 Å². The second-order valence-electron chi connectivity index (χ2n) is 6.15. The van der Waals surface area contributed by atoms with Crippen LogP contribution in [0.2, 0.25) is 0 Å². The molecule has 7 heteroatoms. The average Bonchev–Trinajstić information content (AvgIpc) is 2.69. The summed E-state index contributed by atoms with van der Waals surface area (Å²) in [6.07, 6.45) is 0. The van der Waals surface area contributed by atoms with Crippen LogP contribution in [0.3, 0.4) is 0 Å². The fourth-order valence-electron chi connectivity index (χ4n) is 2.71. The Hall–Kier alpha value is -3.61. The van der Waals surface area contributed by atoms with Crippen molar-refractivity contribution in [1.82, 2.24) is 9.97 Å². The van der Waals surface area contributed by atoms with E-state index < -0.39 is 0 Å². The van der Waals surface area contributed by atoms with Gasteiger partial charge in [0.25, 0.3) is 5.91 Å². The minimum Gasteiger partial charge on any atom is -0.493 e. The van der Waals surface area contributed by atoms with E-state index in [-0.39, 0.29) is 11.6 Å². The molecule has 0 fully saturated rings. The Kier molecular flexibility index (Phi) is 5.74. The van der Waals surface area contributed by atoms with Crippen molar-refractivity contribution >= 4 is 23.1 Å². The van der Waals surface area contributed by atoms with E-state index in [2.05, 4.69) is 20.6 Å². The van der Waals surface area contributed by atoms with Crippen molar-refractivity contribution in [1.29, 1.82) is 0 Å². The molecule has 0 atom stereocenters. The first-order valence-corrected chi connectivity index (χ1v) is 8.72. The summed E-state index contributed by atoms with van der Waals surface area (Å²) in [7, 11) is 3.16. The number of benzene rings is 2. The van der Waals surface area contributed by atoms with Gasteiger partial charge < -0.3 is 20.1 Å². The topological polar surface area (TPSA) is 85.4 Å². The Bertz CT molecular complexity index is 1000. The van der Waals surface area contributed by atoms with Crippen LogP contribution in [0.4, 0.5) is 17.2 Å². The summed E-state index contributed by atoms with van der Waals surface area (Å²) in [6, 6.07) is 14.6. The molecule has 0 aliphatic rings. The van der Waals surface area contributed by atoms with Crippen molar-refractivity contribution in [2.45, 2.75) is 13.8 Å². The molecular formula is C21H22N4O3. The minimum absolute atomic E-state index is 0.277. The SMILES string of the molecule is COc1ccc(Nc2cc(C(=O)Nc3ccccc3C)nc(C)n2)cc1OC. The lowest BCUT2D eigenvalue weighted by molar-refractivity contribution is 0.102. The van der Waals surface area contributed by atoms with Gasteiger partial charge in [0.1, 0.15) is 17.3 Å². The number of aromatic nitrogens is 2. The monoisotopic (exact) mass is 378 g/mol. The van der Waals surface area contributed by atoms with Gasteiger partial charge >= 0.3 is 0 Å². The number of aryl methyl sites for hydroxylation is 2. The number of anilines is 3. The number of nitrogens with zero attached hydrogens (tertiary/aromatic N) is 2. The molecule has 3 rings (SSSR count). The highest BCUT2D eigenvalue weighted by Crippen LogP contribution is 2.31. The number of para-hydroxylation sites is 1. The molecule has 1 aromatic heterocycles. The largest absolute Gasteiger partial charge is 0.493 e. The second kappa shape index (κ2) is 8.39. The molecule has 0 radical (unpaired) electrons. The maximum Gasteiger partial charge on any atom is 0.274 e. The van der Waals surface area contributed by atoms with Crippen LogP contribution in [0.1, 0.15) is 21.9 Å². The van der Waals surface area contributed by atoms with Crippen LogP contribution in [-0.2, 0) is 0 Å². The van der Waals surface area contributed by atoms with Gasteiger partial charge in [0.15, 0.2) is 11.5 Å². The van der Waals surface area contributed by atoms with Gasteiger partial charge in [-0.1, -0.05) is 18.2 Å². The van der Waals surface area contributed by atoms with E-state index in [0.29, 0.717) is 23.1 Å². The number of amides is 1. The van der Waals surface area contributed by atoms with Gasteiger partial charge in [-0.3, -0.25) is 4.79 Å². The van der Waals surface area contributed by atoms with Crippen molar-refractivity contribution in [3.63, 3.8) is 0 Å². The summed E-state index contributed by atoms with van der Waals surface area (Å²) in [5, 5.41) is 6.06. The summed E-state index contributed by atoms with van der Waals surface area (Å²) < 4.78 is 10.6. The van der Waals surface area contributed by atoms with E-state index >= 15 is 0 Å². The smallest absolute Gasteiger partial charge is 0.274 e. The van der Waals surface area contributed by atoms with Crippen LogP contribution in [-0.4, -0.2) is 30.1 Å². The molecule has 7 nitrogen and oxygen atoms in total. The second-order valence-corrected chi connectivity index (χ2v) is 6.15. The van der Waals surface area contributed by atoms with Crippen LogP contribution >= 0.6 is 0 Å². The predicted molar refractivity (Wildman–Crippen MR) is 109 cm³/mol. The van der Waals surface area contributed by atoms with Gasteiger partial charge in [-0.25, -0.2) is 9.97 Å². The van der Waals surface area contributed by atoms with E-state index in [9.17, 15) is 4.79 Å². The zero-order valence-electron chi connectivity index (χ0n) is 16.2. The molecule has 3 aromatic rings. The van der Waals surface area contributed by atoms with Crippen molar-refractivity contribution in [3.05, 3.63) is 65.6 Å². The van der Waals surface area contributed by atoms with E-state index in [1.54, 1.807) is 39.3 Å². The quantitative estimate of drug-likeness (QED) is 0.671. The summed E-state index contributed by atoms with van der Waals surface area (Å²) >= 11 is 0. The predicted octanol–water partition coefficient (Wildman–Crippen LogP) is 4.11. The van der Waals surface area contributed by atoms with Crippen molar-refractivity contribution < 1.29 is 14.3 Å². The van der Waals surface area contributed by atoms with Crippen molar-refractivity contribution in [3.8, 4) is 11.5 Å². The maximum atomic E-state index is 12.6.